The summed E-state index contributed by atoms with van der Waals surface area (Å²) in [5.74, 6) is 0. The van der Waals surface area contributed by atoms with E-state index in [2.05, 4.69) is 10.6 Å². The van der Waals surface area contributed by atoms with E-state index < -0.39 is 0 Å². The van der Waals surface area contributed by atoms with Crippen molar-refractivity contribution in [2.24, 2.45) is 0 Å². The van der Waals surface area contributed by atoms with E-state index >= 15 is 0 Å². The van der Waals surface area contributed by atoms with E-state index in [0.29, 0.717) is 0 Å². The van der Waals surface area contributed by atoms with E-state index in [1.807, 2.05) is 28.2 Å². The highest BCUT2D eigenvalue weighted by molar-refractivity contribution is 5.85. The first-order chi connectivity index (χ1) is 2.83. The lowest BCUT2D eigenvalue weighted by atomic mass is 11.3. The van der Waals surface area contributed by atoms with Crippen LogP contribution in [0.25, 0.3) is 0 Å². The number of nitrogens with one attached hydrogen (secondary N) is 2. The van der Waals surface area contributed by atoms with Crippen LogP contribution < -0.4 is 10.6 Å². The first kappa shape index (κ1) is 23.6. The van der Waals surface area contributed by atoms with Crippen LogP contribution in [0.5, 0.6) is 0 Å². The minimum absolute atomic E-state index is 0. The fourth-order valence-corrected chi connectivity index (χ4v) is 0. The maximum atomic E-state index is 2.75. The Hall–Kier alpha value is 0.500. The predicted molar refractivity (Wildman–Crippen MR) is 44.5 cm³/mol. The Balaban J connectivity index is -0.0000000160. The van der Waals surface area contributed by atoms with Gasteiger partial charge in [0.25, 0.3) is 0 Å². The highest BCUT2D eigenvalue weighted by Crippen LogP contribution is 0.984. The third kappa shape index (κ3) is 787. The molecule has 56 valence electrons. The molecule has 2 nitrogen and oxygen atoms in total. The van der Waals surface area contributed by atoms with E-state index in [4.69, 9.17) is 0 Å². The summed E-state index contributed by atoms with van der Waals surface area (Å²) >= 11 is 0. The smallest absolute Gasteiger partial charge is 0.0167 e. The van der Waals surface area contributed by atoms with Gasteiger partial charge in [-0.05, 0) is 28.2 Å². The van der Waals surface area contributed by atoms with Crippen LogP contribution in [0.2, 0.25) is 0 Å². The Labute approximate surface area is 64.2 Å². The molecule has 0 saturated heterocycles. The molecule has 0 amide bonds. The van der Waals surface area contributed by atoms with Crippen LogP contribution in [0.3, 0.4) is 0 Å². The maximum absolute atomic E-state index is 2.75. The number of hydrogen-bond acceptors (Lipinski definition) is 2. The Morgan fingerprint density at radius 2 is 0.625 bits per heavy atom. The lowest BCUT2D eigenvalue weighted by molar-refractivity contribution is 1.02. The highest BCUT2D eigenvalue weighted by Gasteiger charge is 1.26. The summed E-state index contributed by atoms with van der Waals surface area (Å²) in [6.07, 6.45) is 0. The van der Waals surface area contributed by atoms with Gasteiger partial charge in [-0.25, -0.2) is 0 Å². The van der Waals surface area contributed by atoms with Crippen molar-refractivity contribution in [3.05, 3.63) is 0 Å². The van der Waals surface area contributed by atoms with E-state index in [9.17, 15) is 0 Å². The normalized spacial score (nSPS) is 4.50. The summed E-state index contributed by atoms with van der Waals surface area (Å²) in [7, 11) is 7.50. The minimum atomic E-state index is 0. The molecular formula is C4H16Cl2N2. The van der Waals surface area contributed by atoms with Gasteiger partial charge in [0.05, 0.1) is 0 Å². The van der Waals surface area contributed by atoms with Crippen LogP contribution in [0, 0.1) is 0 Å². The fraction of sp³-hybridized carbons (Fsp3) is 1.00. The molecule has 2 N–H and O–H groups in total. The predicted octanol–water partition coefficient (Wildman–Crippen LogP) is 0.515. The molecule has 0 aliphatic carbocycles. The zero-order chi connectivity index (χ0) is 5.41. The molecule has 8 heavy (non-hydrogen) atoms. The zero-order valence-corrected chi connectivity index (χ0v) is 7.45. The molecule has 0 radical (unpaired) electrons. The number of rotatable bonds is 0. The maximum Gasteiger partial charge on any atom is -0.0167 e. The van der Waals surface area contributed by atoms with Crippen molar-refractivity contribution >= 4 is 24.8 Å². The van der Waals surface area contributed by atoms with Gasteiger partial charge < -0.3 is 10.6 Å². The second-order valence-corrected chi connectivity index (χ2v) is 1.00. The van der Waals surface area contributed by atoms with Gasteiger partial charge >= 0.3 is 0 Å². The van der Waals surface area contributed by atoms with Crippen molar-refractivity contribution in [1.29, 1.82) is 0 Å². The number of halogens is 2. The van der Waals surface area contributed by atoms with Crippen LogP contribution in [0.4, 0.5) is 0 Å². The summed E-state index contributed by atoms with van der Waals surface area (Å²) in [5, 5.41) is 5.50. The average Bonchev–Trinajstić information content (AvgIpc) is 1.39. The molecule has 0 aromatic carbocycles. The van der Waals surface area contributed by atoms with Gasteiger partial charge in [-0.2, -0.15) is 0 Å². The van der Waals surface area contributed by atoms with E-state index in [0.717, 1.165) is 0 Å². The van der Waals surface area contributed by atoms with Gasteiger partial charge in [0.1, 0.15) is 0 Å². The molecule has 0 aliphatic rings. The van der Waals surface area contributed by atoms with Crippen LogP contribution in [-0.4, -0.2) is 28.2 Å². The van der Waals surface area contributed by atoms with E-state index in [1.54, 1.807) is 0 Å². The fourth-order valence-electron chi connectivity index (χ4n) is 0. The summed E-state index contributed by atoms with van der Waals surface area (Å²) in [5.41, 5.74) is 0. The lowest BCUT2D eigenvalue weighted by Gasteiger charge is -1.59. The third-order valence-electron chi connectivity index (χ3n) is 0. The van der Waals surface area contributed by atoms with Crippen LogP contribution in [-0.2, 0) is 0 Å². The molecule has 0 atom stereocenters. The molecular weight excluding hydrogens is 147 g/mol. The summed E-state index contributed by atoms with van der Waals surface area (Å²) in [6, 6.07) is 0. The molecule has 0 aromatic heterocycles. The van der Waals surface area contributed by atoms with Gasteiger partial charge in [0, 0.05) is 0 Å². The summed E-state index contributed by atoms with van der Waals surface area (Å²) in [4.78, 5) is 0. The van der Waals surface area contributed by atoms with Crippen LogP contribution in [0.15, 0.2) is 0 Å². The Bertz CT molecular complexity index is 14.0. The Kier molecular flexibility index (Phi) is 150. The number of hydrogen-bond donors (Lipinski definition) is 2. The van der Waals surface area contributed by atoms with E-state index in [1.165, 1.54) is 0 Å². The molecule has 0 aliphatic heterocycles. The largest absolute Gasteiger partial charge is 0.323 e. The van der Waals surface area contributed by atoms with Gasteiger partial charge in [0.15, 0.2) is 0 Å². The first-order valence-electron chi connectivity index (χ1n) is 2.00. The van der Waals surface area contributed by atoms with Crippen molar-refractivity contribution in [3.8, 4) is 0 Å². The average molecular weight is 163 g/mol. The van der Waals surface area contributed by atoms with Crippen molar-refractivity contribution < 1.29 is 0 Å². The summed E-state index contributed by atoms with van der Waals surface area (Å²) < 4.78 is 0. The molecule has 0 saturated carbocycles. The van der Waals surface area contributed by atoms with Gasteiger partial charge in [0.2, 0.25) is 0 Å². The lowest BCUT2D eigenvalue weighted by Crippen LogP contribution is -1.89. The molecule has 0 spiro atoms. The monoisotopic (exact) mass is 162 g/mol. The van der Waals surface area contributed by atoms with Crippen molar-refractivity contribution in [3.63, 3.8) is 0 Å². The standard InChI is InChI=1S/2C2H7N.2ClH/c2*1-3-2;;/h2*3H,1-2H3;2*1H. The molecule has 4 heteroatoms. The van der Waals surface area contributed by atoms with Gasteiger partial charge in [-0.15, -0.1) is 24.8 Å². The quantitative estimate of drug-likeness (QED) is 0.543. The second-order valence-electron chi connectivity index (χ2n) is 1.00. The van der Waals surface area contributed by atoms with Crippen LogP contribution in [0.1, 0.15) is 0 Å². The molecule has 0 bridgehead atoms. The van der Waals surface area contributed by atoms with Gasteiger partial charge in [-0.1, -0.05) is 0 Å². The second kappa shape index (κ2) is 50.7. The van der Waals surface area contributed by atoms with E-state index in [-0.39, 0.29) is 24.8 Å². The van der Waals surface area contributed by atoms with Crippen molar-refractivity contribution in [1.82, 2.24) is 10.6 Å². The summed E-state index contributed by atoms with van der Waals surface area (Å²) in [6.45, 7) is 0. The van der Waals surface area contributed by atoms with Crippen LogP contribution >= 0.6 is 24.8 Å². The van der Waals surface area contributed by atoms with Crippen molar-refractivity contribution in [2.45, 2.75) is 0 Å². The third-order valence-corrected chi connectivity index (χ3v) is 0. The SMILES string of the molecule is CNC.CNC.Cl.Cl. The molecule has 0 fully saturated rings. The first-order valence-corrected chi connectivity index (χ1v) is 2.00. The molecule has 0 aromatic rings. The van der Waals surface area contributed by atoms with Gasteiger partial charge in [-0.3, -0.25) is 0 Å². The zero-order valence-electron chi connectivity index (χ0n) is 5.82. The topological polar surface area (TPSA) is 24.1 Å². The Morgan fingerprint density at radius 3 is 0.625 bits per heavy atom. The molecule has 0 unspecified atom stereocenters. The van der Waals surface area contributed by atoms with Crippen molar-refractivity contribution in [2.75, 3.05) is 28.2 Å². The molecule has 0 rings (SSSR count). The Morgan fingerprint density at radius 1 is 0.625 bits per heavy atom. The minimum Gasteiger partial charge on any atom is -0.323 e. The molecule has 0 heterocycles. The highest BCUT2D eigenvalue weighted by atomic mass is 35.5.